The van der Waals surface area contributed by atoms with Gasteiger partial charge < -0.3 is 15.1 Å². The summed E-state index contributed by atoms with van der Waals surface area (Å²) < 4.78 is 0. The number of hydrogen-bond acceptors (Lipinski definition) is 5. The summed E-state index contributed by atoms with van der Waals surface area (Å²) in [5, 5.41) is 2.59. The van der Waals surface area contributed by atoms with Crippen LogP contribution in [0.1, 0.15) is 31.7 Å². The molecule has 3 rings (SSSR count). The molecular weight excluding hydrogens is 412 g/mol. The van der Waals surface area contributed by atoms with Crippen molar-refractivity contribution in [1.29, 1.82) is 0 Å². The van der Waals surface area contributed by atoms with Gasteiger partial charge in [-0.25, -0.2) is 0 Å². The Morgan fingerprint density at radius 1 is 0.935 bits per heavy atom. The molecule has 1 N–H and O–H groups in total. The molecule has 31 heavy (non-hydrogen) atoms. The summed E-state index contributed by atoms with van der Waals surface area (Å²) in [5.74, 6) is 0.415. The normalized spacial score (nSPS) is 18.5. The van der Waals surface area contributed by atoms with E-state index in [1.165, 1.54) is 18.2 Å². The van der Waals surface area contributed by atoms with Gasteiger partial charge in [0.05, 0.1) is 17.5 Å². The van der Waals surface area contributed by atoms with Gasteiger partial charge in [-0.2, -0.15) is 0 Å². The lowest BCUT2D eigenvalue weighted by atomic mass is 10.1. The van der Waals surface area contributed by atoms with Crippen molar-refractivity contribution in [2.45, 2.75) is 38.4 Å². The fourth-order valence-corrected chi connectivity index (χ4v) is 4.69. The number of rotatable bonds is 7. The fraction of sp³-hybridized carbons (Fsp3) is 0.609. The van der Waals surface area contributed by atoms with Gasteiger partial charge in [0, 0.05) is 45.0 Å². The highest BCUT2D eigenvalue weighted by Gasteiger charge is 2.27. The third-order valence-corrected chi connectivity index (χ3v) is 7.03. The van der Waals surface area contributed by atoms with E-state index in [4.69, 9.17) is 0 Å². The first-order valence-electron chi connectivity index (χ1n) is 11.2. The van der Waals surface area contributed by atoms with Gasteiger partial charge in [0.1, 0.15) is 0 Å². The van der Waals surface area contributed by atoms with E-state index in [-0.39, 0.29) is 28.7 Å². The van der Waals surface area contributed by atoms with Crippen molar-refractivity contribution in [1.82, 2.24) is 14.7 Å². The Morgan fingerprint density at radius 2 is 1.58 bits per heavy atom. The van der Waals surface area contributed by atoms with Crippen LogP contribution in [0.5, 0.6) is 0 Å². The zero-order chi connectivity index (χ0) is 22.2. The molecule has 1 aromatic carbocycles. The molecule has 1 aromatic rings. The van der Waals surface area contributed by atoms with Crippen molar-refractivity contribution in [3.63, 3.8) is 0 Å². The number of nitrogens with zero attached hydrogens (tertiary/aromatic N) is 3. The minimum absolute atomic E-state index is 0.0649. The number of hydrogen-bond donors (Lipinski definition) is 1. The summed E-state index contributed by atoms with van der Waals surface area (Å²) in [6.07, 6.45) is 3.42. The molecule has 1 unspecified atom stereocenters. The van der Waals surface area contributed by atoms with Crippen LogP contribution in [-0.4, -0.2) is 89.2 Å². The molecule has 7 nitrogen and oxygen atoms in total. The van der Waals surface area contributed by atoms with Crippen molar-refractivity contribution >= 4 is 35.2 Å². The predicted octanol–water partition coefficient (Wildman–Crippen LogP) is 2.21. The van der Waals surface area contributed by atoms with E-state index in [1.54, 1.807) is 0 Å². The fourth-order valence-electron chi connectivity index (χ4n) is 3.92. The Bertz CT molecular complexity index is 757. The first kappa shape index (κ1) is 23.6. The number of benzene rings is 1. The monoisotopic (exact) mass is 446 g/mol. The second kappa shape index (κ2) is 11.5. The maximum atomic E-state index is 12.8. The largest absolute Gasteiger partial charge is 0.342 e. The number of anilines is 1. The van der Waals surface area contributed by atoms with Crippen LogP contribution in [0.2, 0.25) is 0 Å². The van der Waals surface area contributed by atoms with Crippen LogP contribution in [0, 0.1) is 6.92 Å². The van der Waals surface area contributed by atoms with Gasteiger partial charge in [-0.3, -0.25) is 19.3 Å². The molecule has 2 aliphatic rings. The molecule has 1 atom stereocenters. The lowest BCUT2D eigenvalue weighted by Gasteiger charge is -2.36. The van der Waals surface area contributed by atoms with Crippen LogP contribution in [-0.2, 0) is 14.4 Å². The molecule has 0 bridgehead atoms. The van der Waals surface area contributed by atoms with Crippen LogP contribution in [0.3, 0.4) is 0 Å². The molecule has 2 fully saturated rings. The van der Waals surface area contributed by atoms with E-state index in [0.29, 0.717) is 19.6 Å². The number of carbonyl (C=O) groups is 3. The lowest BCUT2D eigenvalue weighted by molar-refractivity contribution is -0.135. The van der Waals surface area contributed by atoms with E-state index in [9.17, 15) is 14.4 Å². The first-order chi connectivity index (χ1) is 14.9. The van der Waals surface area contributed by atoms with Crippen molar-refractivity contribution in [3.05, 3.63) is 29.8 Å². The summed E-state index contributed by atoms with van der Waals surface area (Å²) in [6, 6.07) is 7.66. The van der Waals surface area contributed by atoms with Crippen molar-refractivity contribution in [3.8, 4) is 0 Å². The van der Waals surface area contributed by atoms with Crippen molar-refractivity contribution < 1.29 is 14.4 Å². The van der Waals surface area contributed by atoms with Crippen LogP contribution >= 0.6 is 11.8 Å². The second-order valence-electron chi connectivity index (χ2n) is 8.41. The SMILES string of the molecule is Cc1ccc(NC(=O)CSC(C)C(=O)N2CCN(CC(=O)N3CCCCC3)CC2)cc1. The van der Waals surface area contributed by atoms with E-state index >= 15 is 0 Å². The number of piperidine rings is 1. The molecule has 2 saturated heterocycles. The number of aryl methyl sites for hydroxylation is 1. The predicted molar refractivity (Wildman–Crippen MR) is 125 cm³/mol. The molecule has 8 heteroatoms. The van der Waals surface area contributed by atoms with Crippen LogP contribution in [0.4, 0.5) is 5.69 Å². The highest BCUT2D eigenvalue weighted by atomic mass is 32.2. The number of amides is 3. The zero-order valence-electron chi connectivity index (χ0n) is 18.6. The highest BCUT2D eigenvalue weighted by Crippen LogP contribution is 2.17. The van der Waals surface area contributed by atoms with Gasteiger partial charge in [-0.15, -0.1) is 11.8 Å². The van der Waals surface area contributed by atoms with Crippen molar-refractivity contribution in [2.24, 2.45) is 0 Å². The van der Waals surface area contributed by atoms with Crippen molar-refractivity contribution in [2.75, 3.05) is 56.9 Å². The summed E-state index contributed by atoms with van der Waals surface area (Å²) in [4.78, 5) is 43.4. The molecule has 0 aliphatic carbocycles. The number of carbonyl (C=O) groups excluding carboxylic acids is 3. The maximum absolute atomic E-state index is 12.8. The van der Waals surface area contributed by atoms with Gasteiger partial charge in [0.15, 0.2) is 0 Å². The molecule has 170 valence electrons. The Balaban J connectivity index is 1.35. The first-order valence-corrected chi connectivity index (χ1v) is 12.2. The number of nitrogens with one attached hydrogen (secondary N) is 1. The maximum Gasteiger partial charge on any atom is 0.236 e. The highest BCUT2D eigenvalue weighted by molar-refractivity contribution is 8.01. The Labute approximate surface area is 189 Å². The third kappa shape index (κ3) is 7.25. The van der Waals surface area contributed by atoms with Gasteiger partial charge >= 0.3 is 0 Å². The average Bonchev–Trinajstić information content (AvgIpc) is 2.79. The Hall–Kier alpha value is -2.06. The van der Waals surface area contributed by atoms with Crippen LogP contribution < -0.4 is 5.32 Å². The van der Waals surface area contributed by atoms with Gasteiger partial charge in [-0.1, -0.05) is 17.7 Å². The summed E-state index contributed by atoms with van der Waals surface area (Å²) >= 11 is 1.36. The zero-order valence-corrected chi connectivity index (χ0v) is 19.5. The van der Waals surface area contributed by atoms with Crippen LogP contribution in [0.25, 0.3) is 0 Å². The number of piperazine rings is 1. The number of thioether (sulfide) groups is 1. The molecule has 2 aliphatic heterocycles. The standard InChI is InChI=1S/C23H34N4O3S/c1-18-6-8-20(9-7-18)24-21(28)17-31-19(2)23(30)27-14-12-25(13-15-27)16-22(29)26-10-4-3-5-11-26/h6-9,19H,3-5,10-17H2,1-2H3,(H,24,28). The van der Waals surface area contributed by atoms with Gasteiger partial charge in [-0.05, 0) is 45.2 Å². The van der Waals surface area contributed by atoms with E-state index < -0.39 is 0 Å². The Kier molecular flexibility index (Phi) is 8.78. The average molecular weight is 447 g/mol. The lowest BCUT2D eigenvalue weighted by Crippen LogP contribution is -2.53. The van der Waals surface area contributed by atoms with E-state index in [0.717, 1.165) is 50.3 Å². The minimum atomic E-state index is -0.273. The molecule has 0 aromatic heterocycles. The summed E-state index contributed by atoms with van der Waals surface area (Å²) in [6.45, 7) is 8.77. The topological polar surface area (TPSA) is 73.0 Å². The molecule has 0 spiro atoms. The second-order valence-corrected chi connectivity index (χ2v) is 9.74. The quantitative estimate of drug-likeness (QED) is 0.695. The Morgan fingerprint density at radius 3 is 2.23 bits per heavy atom. The summed E-state index contributed by atoms with van der Waals surface area (Å²) in [7, 11) is 0. The third-order valence-electron chi connectivity index (χ3n) is 5.90. The smallest absolute Gasteiger partial charge is 0.236 e. The van der Waals surface area contributed by atoms with Crippen LogP contribution in [0.15, 0.2) is 24.3 Å². The van der Waals surface area contributed by atoms with Gasteiger partial charge in [0.2, 0.25) is 17.7 Å². The van der Waals surface area contributed by atoms with E-state index in [1.807, 2.05) is 47.9 Å². The minimum Gasteiger partial charge on any atom is -0.342 e. The summed E-state index contributed by atoms with van der Waals surface area (Å²) in [5.41, 5.74) is 1.91. The number of likely N-dealkylation sites (tertiary alicyclic amines) is 1. The molecule has 2 heterocycles. The molecule has 3 amide bonds. The molecule has 0 saturated carbocycles. The molecular formula is C23H34N4O3S. The van der Waals surface area contributed by atoms with E-state index in [2.05, 4.69) is 10.2 Å². The molecule has 0 radical (unpaired) electrons. The van der Waals surface area contributed by atoms with Gasteiger partial charge in [0.25, 0.3) is 0 Å².